The molecule has 0 radical (unpaired) electrons. The third kappa shape index (κ3) is 2.90. The highest BCUT2D eigenvalue weighted by molar-refractivity contribution is 5.33. The lowest BCUT2D eigenvalue weighted by molar-refractivity contribution is 0.175. The summed E-state index contributed by atoms with van der Waals surface area (Å²) in [5.74, 6) is -0.238. The molecule has 0 saturated heterocycles. The third-order valence-electron chi connectivity index (χ3n) is 3.12. The van der Waals surface area contributed by atoms with E-state index in [1.165, 1.54) is 7.11 Å². The van der Waals surface area contributed by atoms with Crippen molar-refractivity contribution < 1.29 is 14.2 Å². The smallest absolute Gasteiger partial charge is 0.168 e. The number of aryl methyl sites for hydroxylation is 1. The maximum absolute atomic E-state index is 14.0. The monoisotopic (exact) mass is 261 g/mol. The van der Waals surface area contributed by atoms with Crippen molar-refractivity contribution >= 4 is 0 Å². The van der Waals surface area contributed by atoms with Gasteiger partial charge in [-0.05, 0) is 30.2 Å². The molecule has 0 aliphatic rings. The van der Waals surface area contributed by atoms with Gasteiger partial charge in [-0.2, -0.15) is 0 Å². The maximum Gasteiger partial charge on any atom is 0.168 e. The summed E-state index contributed by atoms with van der Waals surface area (Å²) in [5, 5.41) is 10.2. The second kappa shape index (κ2) is 5.80. The molecular weight excluding hydrogens is 245 g/mol. The summed E-state index contributed by atoms with van der Waals surface area (Å²) in [7, 11) is 1.42. The van der Waals surface area contributed by atoms with Gasteiger partial charge in [0.2, 0.25) is 0 Å². The van der Waals surface area contributed by atoms with E-state index in [9.17, 15) is 9.50 Å². The maximum atomic E-state index is 14.0. The van der Waals surface area contributed by atoms with E-state index in [1.54, 1.807) is 30.6 Å². The fraction of sp³-hybridized carbons (Fsp3) is 0.267. The molecule has 3 nitrogen and oxygen atoms in total. The van der Waals surface area contributed by atoms with E-state index in [1.807, 2.05) is 13.0 Å². The van der Waals surface area contributed by atoms with Crippen molar-refractivity contribution in [3.05, 3.63) is 59.2 Å². The number of hydrogen-bond donors (Lipinski definition) is 1. The van der Waals surface area contributed by atoms with Crippen LogP contribution in [0.3, 0.4) is 0 Å². The first-order valence-corrected chi connectivity index (χ1v) is 6.03. The standard InChI is InChI=1S/C15H16FNO2/c1-10-6-7-17-9-12(10)13(18)8-11-4-3-5-14(19-2)15(11)16/h3-7,9,13,18H,8H2,1-2H3. The number of rotatable bonds is 4. The van der Waals surface area contributed by atoms with Gasteiger partial charge in [0.15, 0.2) is 11.6 Å². The Bertz CT molecular complexity index is 572. The van der Waals surface area contributed by atoms with E-state index in [0.717, 1.165) is 5.56 Å². The summed E-state index contributed by atoms with van der Waals surface area (Å²) in [4.78, 5) is 3.99. The average molecular weight is 261 g/mol. The number of hydrogen-bond acceptors (Lipinski definition) is 3. The van der Waals surface area contributed by atoms with Gasteiger partial charge in [0.25, 0.3) is 0 Å². The highest BCUT2D eigenvalue weighted by Crippen LogP contribution is 2.26. The largest absolute Gasteiger partial charge is 0.494 e. The summed E-state index contributed by atoms with van der Waals surface area (Å²) in [6.45, 7) is 1.89. The van der Waals surface area contributed by atoms with Gasteiger partial charge in [0, 0.05) is 24.4 Å². The van der Waals surface area contributed by atoms with E-state index in [4.69, 9.17) is 4.74 Å². The molecule has 1 aromatic heterocycles. The Morgan fingerprint density at radius 3 is 2.84 bits per heavy atom. The lowest BCUT2D eigenvalue weighted by Gasteiger charge is -2.14. The molecule has 0 aliphatic carbocycles. The highest BCUT2D eigenvalue weighted by Gasteiger charge is 2.15. The number of nitrogens with zero attached hydrogens (tertiary/aromatic N) is 1. The van der Waals surface area contributed by atoms with Crippen LogP contribution in [0.5, 0.6) is 5.75 Å². The van der Waals surface area contributed by atoms with Gasteiger partial charge in [-0.3, -0.25) is 4.98 Å². The number of methoxy groups -OCH3 is 1. The van der Waals surface area contributed by atoms with Crippen molar-refractivity contribution in [2.24, 2.45) is 0 Å². The molecule has 0 aliphatic heterocycles. The second-order valence-corrected chi connectivity index (χ2v) is 4.39. The number of ether oxygens (including phenoxy) is 1. The van der Waals surface area contributed by atoms with Crippen molar-refractivity contribution in [1.29, 1.82) is 0 Å². The van der Waals surface area contributed by atoms with Crippen molar-refractivity contribution in [1.82, 2.24) is 4.98 Å². The van der Waals surface area contributed by atoms with Crippen LogP contribution in [0.2, 0.25) is 0 Å². The number of aliphatic hydroxyl groups is 1. The van der Waals surface area contributed by atoms with Gasteiger partial charge < -0.3 is 9.84 Å². The molecule has 4 heteroatoms. The molecule has 1 aromatic carbocycles. The van der Waals surface area contributed by atoms with Crippen LogP contribution in [0.4, 0.5) is 4.39 Å². The lowest BCUT2D eigenvalue weighted by atomic mass is 9.99. The SMILES string of the molecule is COc1cccc(CC(O)c2cnccc2C)c1F. The van der Waals surface area contributed by atoms with Crippen molar-refractivity contribution in [2.75, 3.05) is 7.11 Å². The van der Waals surface area contributed by atoms with Gasteiger partial charge >= 0.3 is 0 Å². The van der Waals surface area contributed by atoms with Gasteiger partial charge in [-0.25, -0.2) is 4.39 Å². The fourth-order valence-electron chi connectivity index (χ4n) is 2.01. The number of aliphatic hydroxyl groups excluding tert-OH is 1. The van der Waals surface area contributed by atoms with Gasteiger partial charge in [0.1, 0.15) is 0 Å². The molecule has 1 heterocycles. The first-order chi connectivity index (χ1) is 9.13. The van der Waals surface area contributed by atoms with Crippen LogP contribution < -0.4 is 4.74 Å². The zero-order valence-corrected chi connectivity index (χ0v) is 10.9. The van der Waals surface area contributed by atoms with Crippen LogP contribution in [-0.2, 0) is 6.42 Å². The molecule has 0 fully saturated rings. The zero-order chi connectivity index (χ0) is 13.8. The van der Waals surface area contributed by atoms with E-state index >= 15 is 0 Å². The van der Waals surface area contributed by atoms with Crippen LogP contribution in [0.25, 0.3) is 0 Å². The topological polar surface area (TPSA) is 42.4 Å². The van der Waals surface area contributed by atoms with Crippen LogP contribution in [0.15, 0.2) is 36.7 Å². The second-order valence-electron chi connectivity index (χ2n) is 4.39. The highest BCUT2D eigenvalue weighted by atomic mass is 19.1. The Kier molecular flexibility index (Phi) is 4.12. The van der Waals surface area contributed by atoms with Crippen molar-refractivity contribution in [3.63, 3.8) is 0 Å². The number of pyridine rings is 1. The Morgan fingerprint density at radius 2 is 2.16 bits per heavy atom. The van der Waals surface area contributed by atoms with Crippen molar-refractivity contribution in [2.45, 2.75) is 19.4 Å². The molecule has 0 bridgehead atoms. The summed E-state index contributed by atoms with van der Waals surface area (Å²) >= 11 is 0. The molecule has 2 rings (SSSR count). The summed E-state index contributed by atoms with van der Waals surface area (Å²) in [5.41, 5.74) is 2.07. The van der Waals surface area contributed by atoms with Crippen LogP contribution in [0, 0.1) is 12.7 Å². The van der Waals surface area contributed by atoms with Crippen molar-refractivity contribution in [3.8, 4) is 5.75 Å². The van der Waals surface area contributed by atoms with Gasteiger partial charge in [-0.1, -0.05) is 12.1 Å². The minimum atomic E-state index is -0.782. The molecule has 1 atom stereocenters. The predicted molar refractivity (Wildman–Crippen MR) is 70.6 cm³/mol. The summed E-state index contributed by atoms with van der Waals surface area (Å²) in [6.07, 6.45) is 2.68. The van der Waals surface area contributed by atoms with Crippen LogP contribution >= 0.6 is 0 Å². The van der Waals surface area contributed by atoms with E-state index in [2.05, 4.69) is 4.98 Å². The molecular formula is C15H16FNO2. The molecule has 19 heavy (non-hydrogen) atoms. The zero-order valence-electron chi connectivity index (χ0n) is 10.9. The molecule has 0 spiro atoms. The summed E-state index contributed by atoms with van der Waals surface area (Å²) < 4.78 is 18.9. The van der Waals surface area contributed by atoms with E-state index < -0.39 is 11.9 Å². The number of benzene rings is 1. The Labute approximate surface area is 111 Å². The molecule has 0 saturated carbocycles. The molecule has 1 N–H and O–H groups in total. The molecule has 0 amide bonds. The first-order valence-electron chi connectivity index (χ1n) is 6.03. The number of aromatic nitrogens is 1. The minimum Gasteiger partial charge on any atom is -0.494 e. The minimum absolute atomic E-state index is 0.188. The Morgan fingerprint density at radius 1 is 1.37 bits per heavy atom. The molecule has 100 valence electrons. The lowest BCUT2D eigenvalue weighted by Crippen LogP contribution is -2.06. The van der Waals surface area contributed by atoms with Gasteiger partial charge in [-0.15, -0.1) is 0 Å². The van der Waals surface area contributed by atoms with Crippen LogP contribution in [-0.4, -0.2) is 17.2 Å². The summed E-state index contributed by atoms with van der Waals surface area (Å²) in [6, 6.07) is 6.73. The predicted octanol–water partition coefficient (Wildman–Crippen LogP) is 2.81. The van der Waals surface area contributed by atoms with Crippen LogP contribution in [0.1, 0.15) is 22.8 Å². The Balaban J connectivity index is 2.24. The van der Waals surface area contributed by atoms with E-state index in [0.29, 0.717) is 11.1 Å². The number of halogens is 1. The normalized spacial score (nSPS) is 12.2. The molecule has 1 unspecified atom stereocenters. The van der Waals surface area contributed by atoms with E-state index in [-0.39, 0.29) is 12.2 Å². The first kappa shape index (κ1) is 13.5. The van der Waals surface area contributed by atoms with Gasteiger partial charge in [0.05, 0.1) is 13.2 Å². The average Bonchev–Trinajstić information content (AvgIpc) is 2.41. The Hall–Kier alpha value is -1.94. The quantitative estimate of drug-likeness (QED) is 0.920. The molecule has 2 aromatic rings. The fourth-order valence-corrected chi connectivity index (χ4v) is 2.01. The third-order valence-corrected chi connectivity index (χ3v) is 3.12.